The Morgan fingerprint density at radius 2 is 1.92 bits per heavy atom. The van der Waals surface area contributed by atoms with Crippen LogP contribution in [0, 0.1) is 5.92 Å². The lowest BCUT2D eigenvalue weighted by molar-refractivity contribution is 0.000312. The Morgan fingerprint density at radius 1 is 1.38 bits per heavy atom. The standard InChI is InChI=1S/C10H21NOS/c1-8(2)7-9(11)10(12)3-5-13-6-4-10/h8-9,12H,3-7,11H2,1-2H3. The fourth-order valence-corrected chi connectivity index (χ4v) is 3.02. The predicted molar refractivity (Wildman–Crippen MR) is 58.9 cm³/mol. The SMILES string of the molecule is CC(C)CC(N)C1(O)CCSCC1. The Kier molecular flexibility index (Phi) is 4.07. The average molecular weight is 203 g/mol. The van der Waals surface area contributed by atoms with Crippen LogP contribution in [0.2, 0.25) is 0 Å². The Hall–Kier alpha value is 0.270. The van der Waals surface area contributed by atoms with Crippen LogP contribution in [0.1, 0.15) is 33.1 Å². The number of hydrogen-bond acceptors (Lipinski definition) is 3. The van der Waals surface area contributed by atoms with Gasteiger partial charge in [-0.3, -0.25) is 0 Å². The quantitative estimate of drug-likeness (QED) is 0.732. The Morgan fingerprint density at radius 3 is 2.38 bits per heavy atom. The first-order valence-electron chi connectivity index (χ1n) is 5.10. The zero-order valence-electron chi connectivity index (χ0n) is 8.62. The molecule has 2 nitrogen and oxygen atoms in total. The van der Waals surface area contributed by atoms with E-state index in [1.54, 1.807) is 0 Å². The maximum atomic E-state index is 10.3. The second-order valence-electron chi connectivity index (χ2n) is 4.45. The summed E-state index contributed by atoms with van der Waals surface area (Å²) in [6, 6.07) is -0.0339. The summed E-state index contributed by atoms with van der Waals surface area (Å²) >= 11 is 1.92. The van der Waals surface area contributed by atoms with E-state index in [4.69, 9.17) is 5.73 Å². The molecule has 0 aromatic heterocycles. The summed E-state index contributed by atoms with van der Waals surface area (Å²) in [5.41, 5.74) is 5.45. The molecule has 1 unspecified atom stereocenters. The lowest BCUT2D eigenvalue weighted by Crippen LogP contribution is -2.50. The molecule has 0 radical (unpaired) electrons. The summed E-state index contributed by atoms with van der Waals surface area (Å²) < 4.78 is 0. The van der Waals surface area contributed by atoms with Crippen molar-refractivity contribution in [2.75, 3.05) is 11.5 Å². The molecule has 0 aromatic rings. The van der Waals surface area contributed by atoms with Crippen LogP contribution in [-0.4, -0.2) is 28.3 Å². The predicted octanol–water partition coefficient (Wildman–Crippen LogP) is 1.62. The van der Waals surface area contributed by atoms with Crippen molar-refractivity contribution in [3.05, 3.63) is 0 Å². The largest absolute Gasteiger partial charge is 0.388 e. The van der Waals surface area contributed by atoms with Crippen molar-refractivity contribution in [3.63, 3.8) is 0 Å². The van der Waals surface area contributed by atoms with Gasteiger partial charge in [-0.05, 0) is 36.7 Å². The second kappa shape index (κ2) is 4.67. The summed E-state index contributed by atoms with van der Waals surface area (Å²) in [5, 5.41) is 10.3. The first kappa shape index (κ1) is 11.3. The first-order chi connectivity index (χ1) is 6.04. The van der Waals surface area contributed by atoms with E-state index in [9.17, 15) is 5.11 Å². The van der Waals surface area contributed by atoms with Crippen molar-refractivity contribution >= 4 is 11.8 Å². The van der Waals surface area contributed by atoms with Gasteiger partial charge in [-0.2, -0.15) is 11.8 Å². The van der Waals surface area contributed by atoms with Gasteiger partial charge in [-0.25, -0.2) is 0 Å². The van der Waals surface area contributed by atoms with Crippen LogP contribution in [0.15, 0.2) is 0 Å². The van der Waals surface area contributed by atoms with Crippen LogP contribution in [0.3, 0.4) is 0 Å². The zero-order valence-corrected chi connectivity index (χ0v) is 9.44. The number of thioether (sulfide) groups is 1. The van der Waals surface area contributed by atoms with Crippen molar-refractivity contribution in [1.29, 1.82) is 0 Å². The highest BCUT2D eigenvalue weighted by molar-refractivity contribution is 7.99. The molecule has 0 spiro atoms. The molecule has 0 saturated carbocycles. The third-order valence-corrected chi connectivity index (χ3v) is 3.76. The molecule has 3 N–H and O–H groups in total. The molecule has 0 aromatic carbocycles. The van der Waals surface area contributed by atoms with Crippen molar-refractivity contribution < 1.29 is 5.11 Å². The molecule has 0 aliphatic carbocycles. The minimum atomic E-state index is -0.574. The van der Waals surface area contributed by atoms with E-state index < -0.39 is 5.60 Å². The molecule has 0 bridgehead atoms. The topological polar surface area (TPSA) is 46.2 Å². The van der Waals surface area contributed by atoms with Gasteiger partial charge in [-0.1, -0.05) is 13.8 Å². The van der Waals surface area contributed by atoms with Gasteiger partial charge in [0.25, 0.3) is 0 Å². The molecule has 13 heavy (non-hydrogen) atoms. The fraction of sp³-hybridized carbons (Fsp3) is 1.00. The van der Waals surface area contributed by atoms with Gasteiger partial charge in [0.1, 0.15) is 0 Å². The molecular formula is C10H21NOS. The number of rotatable bonds is 3. The molecule has 1 atom stereocenters. The molecular weight excluding hydrogens is 182 g/mol. The van der Waals surface area contributed by atoms with Gasteiger partial charge in [0, 0.05) is 6.04 Å². The van der Waals surface area contributed by atoms with Gasteiger partial charge >= 0.3 is 0 Å². The Labute approximate surface area is 85.3 Å². The molecule has 1 fully saturated rings. The van der Waals surface area contributed by atoms with Crippen LogP contribution in [-0.2, 0) is 0 Å². The monoisotopic (exact) mass is 203 g/mol. The van der Waals surface area contributed by atoms with Gasteiger partial charge in [0.2, 0.25) is 0 Å². The van der Waals surface area contributed by atoms with Gasteiger partial charge in [0.05, 0.1) is 5.60 Å². The van der Waals surface area contributed by atoms with Gasteiger partial charge < -0.3 is 10.8 Å². The van der Waals surface area contributed by atoms with Crippen LogP contribution in [0.4, 0.5) is 0 Å². The third-order valence-electron chi connectivity index (χ3n) is 2.77. The maximum absolute atomic E-state index is 10.3. The summed E-state index contributed by atoms with van der Waals surface area (Å²) in [6.45, 7) is 4.31. The molecule has 1 heterocycles. The molecule has 1 saturated heterocycles. The zero-order chi connectivity index (χ0) is 9.90. The van der Waals surface area contributed by atoms with E-state index in [0.717, 1.165) is 30.8 Å². The van der Waals surface area contributed by atoms with Crippen LogP contribution in [0.25, 0.3) is 0 Å². The van der Waals surface area contributed by atoms with Crippen molar-refractivity contribution in [2.45, 2.75) is 44.8 Å². The lowest BCUT2D eigenvalue weighted by atomic mass is 9.84. The third kappa shape index (κ3) is 3.15. The van der Waals surface area contributed by atoms with E-state index in [1.807, 2.05) is 11.8 Å². The normalized spacial score (nSPS) is 24.7. The highest BCUT2D eigenvalue weighted by atomic mass is 32.2. The van der Waals surface area contributed by atoms with E-state index in [-0.39, 0.29) is 6.04 Å². The summed E-state index contributed by atoms with van der Waals surface area (Å²) in [7, 11) is 0. The lowest BCUT2D eigenvalue weighted by Gasteiger charge is -2.37. The Balaban J connectivity index is 2.46. The van der Waals surface area contributed by atoms with Crippen LogP contribution < -0.4 is 5.73 Å². The maximum Gasteiger partial charge on any atom is 0.0813 e. The van der Waals surface area contributed by atoms with E-state index in [1.165, 1.54) is 0 Å². The number of nitrogens with two attached hydrogens (primary N) is 1. The summed E-state index contributed by atoms with van der Waals surface area (Å²) in [6.07, 6.45) is 2.66. The van der Waals surface area contributed by atoms with Crippen molar-refractivity contribution in [1.82, 2.24) is 0 Å². The minimum absolute atomic E-state index is 0.0339. The molecule has 1 rings (SSSR count). The van der Waals surface area contributed by atoms with E-state index in [0.29, 0.717) is 5.92 Å². The summed E-state index contributed by atoms with van der Waals surface area (Å²) in [4.78, 5) is 0. The Bertz CT molecular complexity index is 155. The number of hydrogen-bond donors (Lipinski definition) is 2. The van der Waals surface area contributed by atoms with Gasteiger partial charge in [0.15, 0.2) is 0 Å². The highest BCUT2D eigenvalue weighted by Crippen LogP contribution is 2.31. The number of aliphatic hydroxyl groups is 1. The molecule has 1 aliphatic heterocycles. The molecule has 3 heteroatoms. The van der Waals surface area contributed by atoms with E-state index >= 15 is 0 Å². The highest BCUT2D eigenvalue weighted by Gasteiger charge is 2.35. The average Bonchev–Trinajstić information content (AvgIpc) is 2.04. The van der Waals surface area contributed by atoms with E-state index in [2.05, 4.69) is 13.8 Å². The minimum Gasteiger partial charge on any atom is -0.388 e. The van der Waals surface area contributed by atoms with Crippen LogP contribution >= 0.6 is 11.8 Å². The summed E-state index contributed by atoms with van der Waals surface area (Å²) in [5.74, 6) is 2.69. The second-order valence-corrected chi connectivity index (χ2v) is 5.68. The first-order valence-corrected chi connectivity index (χ1v) is 6.26. The molecule has 1 aliphatic rings. The van der Waals surface area contributed by atoms with Crippen molar-refractivity contribution in [2.24, 2.45) is 11.7 Å². The van der Waals surface area contributed by atoms with Crippen molar-refractivity contribution in [3.8, 4) is 0 Å². The smallest absolute Gasteiger partial charge is 0.0813 e. The fourth-order valence-electron chi connectivity index (χ4n) is 1.82. The molecule has 0 amide bonds. The van der Waals surface area contributed by atoms with Crippen LogP contribution in [0.5, 0.6) is 0 Å². The van der Waals surface area contributed by atoms with Gasteiger partial charge in [-0.15, -0.1) is 0 Å². The molecule has 78 valence electrons.